The van der Waals surface area contributed by atoms with E-state index in [1.165, 1.54) is 38.8 Å². The van der Waals surface area contributed by atoms with Gasteiger partial charge < -0.3 is 19.9 Å². The number of nitrogens with one attached hydrogen (secondary N) is 1. The Bertz CT molecular complexity index is 356. The molecule has 0 spiro atoms. The number of nitrogens with zero attached hydrogens (tertiary/aromatic N) is 2. The van der Waals surface area contributed by atoms with Gasteiger partial charge in [-0.25, -0.2) is 0 Å². The van der Waals surface area contributed by atoms with E-state index in [0.717, 1.165) is 51.5 Å². The fourth-order valence-corrected chi connectivity index (χ4v) is 3.44. The number of rotatable bonds is 8. The highest BCUT2D eigenvalue weighted by Gasteiger charge is 2.24. The molecule has 0 aromatic carbocycles. The van der Waals surface area contributed by atoms with Crippen molar-refractivity contribution in [3.63, 3.8) is 0 Å². The Morgan fingerprint density at radius 2 is 1.67 bits per heavy atom. The molecule has 2 aliphatic heterocycles. The zero-order chi connectivity index (χ0) is 15.2. The summed E-state index contributed by atoms with van der Waals surface area (Å²) in [5.74, 6) is 1.10. The predicted octanol–water partition coefficient (Wildman–Crippen LogP) is 1.93. The van der Waals surface area contributed by atoms with Gasteiger partial charge >= 0.3 is 0 Å². The highest BCUT2D eigenvalue weighted by atomic mass is 35.5. The van der Waals surface area contributed by atoms with Crippen LogP contribution < -0.4 is 5.32 Å². The SMILES string of the molecule is Cl.Cl.O=C(CNCC1CC1)N1CCC(OCCN2CCCC2)CC1. The second-order valence-electron chi connectivity index (χ2n) is 7.07. The summed E-state index contributed by atoms with van der Waals surface area (Å²) < 4.78 is 6.00. The van der Waals surface area contributed by atoms with Crippen LogP contribution in [0.15, 0.2) is 0 Å². The largest absolute Gasteiger partial charge is 0.377 e. The molecule has 1 N–H and O–H groups in total. The lowest BCUT2D eigenvalue weighted by Gasteiger charge is -2.32. The minimum Gasteiger partial charge on any atom is -0.377 e. The minimum absolute atomic E-state index is 0. The molecule has 0 aromatic rings. The van der Waals surface area contributed by atoms with Gasteiger partial charge in [0, 0.05) is 19.6 Å². The smallest absolute Gasteiger partial charge is 0.236 e. The van der Waals surface area contributed by atoms with Gasteiger partial charge in [0.1, 0.15) is 0 Å². The van der Waals surface area contributed by atoms with Crippen molar-refractivity contribution in [3.8, 4) is 0 Å². The van der Waals surface area contributed by atoms with Crippen LogP contribution in [0, 0.1) is 5.92 Å². The number of hydrogen-bond donors (Lipinski definition) is 1. The molecule has 0 radical (unpaired) electrons. The molecule has 3 aliphatic rings. The van der Waals surface area contributed by atoms with E-state index in [1.807, 2.05) is 4.90 Å². The van der Waals surface area contributed by atoms with Gasteiger partial charge in [0.05, 0.1) is 19.3 Å². The zero-order valence-electron chi connectivity index (χ0n) is 14.6. The van der Waals surface area contributed by atoms with E-state index in [-0.39, 0.29) is 30.7 Å². The number of amides is 1. The molecule has 2 saturated heterocycles. The van der Waals surface area contributed by atoms with Gasteiger partial charge in [0.2, 0.25) is 5.91 Å². The summed E-state index contributed by atoms with van der Waals surface area (Å²) in [6.45, 7) is 7.65. The first-order valence-electron chi connectivity index (χ1n) is 9.14. The quantitative estimate of drug-likeness (QED) is 0.697. The van der Waals surface area contributed by atoms with Crippen LogP contribution in [-0.4, -0.2) is 74.2 Å². The van der Waals surface area contributed by atoms with E-state index in [0.29, 0.717) is 12.6 Å². The maximum absolute atomic E-state index is 12.1. The summed E-state index contributed by atoms with van der Waals surface area (Å²) in [5.41, 5.74) is 0. The highest BCUT2D eigenvalue weighted by molar-refractivity contribution is 5.85. The fraction of sp³-hybridized carbons (Fsp3) is 0.941. The second kappa shape index (κ2) is 11.5. The molecular formula is C17H33Cl2N3O2. The van der Waals surface area contributed by atoms with E-state index >= 15 is 0 Å². The Hall–Kier alpha value is -0.0700. The predicted molar refractivity (Wildman–Crippen MR) is 101 cm³/mol. The Morgan fingerprint density at radius 3 is 2.29 bits per heavy atom. The molecular weight excluding hydrogens is 349 g/mol. The van der Waals surface area contributed by atoms with Gasteiger partial charge in [0.15, 0.2) is 0 Å². The summed E-state index contributed by atoms with van der Waals surface area (Å²) in [4.78, 5) is 16.6. The second-order valence-corrected chi connectivity index (χ2v) is 7.07. The monoisotopic (exact) mass is 381 g/mol. The van der Waals surface area contributed by atoms with Gasteiger partial charge in [-0.05, 0) is 64.1 Å². The average molecular weight is 382 g/mol. The number of hydrogen-bond acceptors (Lipinski definition) is 4. The molecule has 0 bridgehead atoms. The third kappa shape index (κ3) is 7.44. The number of carbonyl (C=O) groups excluding carboxylic acids is 1. The maximum Gasteiger partial charge on any atom is 0.236 e. The van der Waals surface area contributed by atoms with Crippen LogP contribution in [0.4, 0.5) is 0 Å². The fourth-order valence-electron chi connectivity index (χ4n) is 3.44. The topological polar surface area (TPSA) is 44.8 Å². The van der Waals surface area contributed by atoms with Crippen LogP contribution in [-0.2, 0) is 9.53 Å². The standard InChI is InChI=1S/C17H31N3O2.2ClH/c21-17(14-18-13-15-3-4-15)20-9-5-16(6-10-20)22-12-11-19-7-1-2-8-19;;/h15-16,18H,1-14H2;2*1H. The molecule has 1 amide bonds. The van der Waals surface area contributed by atoms with Crippen LogP contribution >= 0.6 is 24.8 Å². The summed E-state index contributed by atoms with van der Waals surface area (Å²) in [6, 6.07) is 0. The molecule has 0 aromatic heterocycles. The van der Waals surface area contributed by atoms with Gasteiger partial charge in [-0.1, -0.05) is 0 Å². The number of halogens is 2. The first-order chi connectivity index (χ1) is 10.8. The van der Waals surface area contributed by atoms with Crippen molar-refractivity contribution in [2.75, 3.05) is 52.4 Å². The first-order valence-corrected chi connectivity index (χ1v) is 9.14. The number of piperidine rings is 1. The summed E-state index contributed by atoms with van der Waals surface area (Å²) in [7, 11) is 0. The third-order valence-corrected chi connectivity index (χ3v) is 5.16. The molecule has 3 fully saturated rings. The van der Waals surface area contributed by atoms with E-state index in [4.69, 9.17) is 4.74 Å². The molecule has 0 unspecified atom stereocenters. The Balaban J connectivity index is 0.00000144. The van der Waals surface area contributed by atoms with E-state index in [1.54, 1.807) is 0 Å². The molecule has 142 valence electrons. The van der Waals surface area contributed by atoms with Crippen LogP contribution in [0.2, 0.25) is 0 Å². The summed E-state index contributed by atoms with van der Waals surface area (Å²) >= 11 is 0. The van der Waals surface area contributed by atoms with Crippen molar-refractivity contribution >= 4 is 30.7 Å². The lowest BCUT2D eigenvalue weighted by atomic mass is 10.1. The average Bonchev–Trinajstić information content (AvgIpc) is 3.21. The van der Waals surface area contributed by atoms with Crippen LogP contribution in [0.3, 0.4) is 0 Å². The van der Waals surface area contributed by atoms with Gasteiger partial charge in [0.25, 0.3) is 0 Å². The molecule has 24 heavy (non-hydrogen) atoms. The van der Waals surface area contributed by atoms with Crippen molar-refractivity contribution in [1.82, 2.24) is 15.1 Å². The summed E-state index contributed by atoms with van der Waals surface area (Å²) in [5, 5.41) is 3.29. The van der Waals surface area contributed by atoms with Crippen molar-refractivity contribution in [2.24, 2.45) is 5.92 Å². The highest BCUT2D eigenvalue weighted by Crippen LogP contribution is 2.27. The Morgan fingerprint density at radius 1 is 1.00 bits per heavy atom. The first kappa shape index (κ1) is 22.0. The number of likely N-dealkylation sites (tertiary alicyclic amines) is 2. The molecule has 3 rings (SSSR count). The maximum atomic E-state index is 12.1. The molecule has 2 heterocycles. The van der Waals surface area contributed by atoms with Crippen LogP contribution in [0.1, 0.15) is 38.5 Å². The Labute approximate surface area is 158 Å². The number of ether oxygens (including phenoxy) is 1. The zero-order valence-corrected chi connectivity index (χ0v) is 16.2. The normalized spacial score (nSPS) is 22.1. The lowest BCUT2D eigenvalue weighted by molar-refractivity contribution is -0.132. The molecule has 7 heteroatoms. The summed E-state index contributed by atoms with van der Waals surface area (Å²) in [6.07, 6.45) is 7.70. The van der Waals surface area contributed by atoms with Gasteiger partial charge in [-0.3, -0.25) is 4.79 Å². The van der Waals surface area contributed by atoms with Gasteiger partial charge in [-0.2, -0.15) is 0 Å². The minimum atomic E-state index is 0. The molecule has 1 aliphatic carbocycles. The molecule has 0 atom stereocenters. The third-order valence-electron chi connectivity index (χ3n) is 5.16. The van der Waals surface area contributed by atoms with Crippen molar-refractivity contribution in [2.45, 2.75) is 44.6 Å². The Kier molecular flexibility index (Phi) is 10.6. The van der Waals surface area contributed by atoms with Crippen molar-refractivity contribution < 1.29 is 9.53 Å². The van der Waals surface area contributed by atoms with Crippen LogP contribution in [0.5, 0.6) is 0 Å². The van der Waals surface area contributed by atoms with Gasteiger partial charge in [-0.15, -0.1) is 24.8 Å². The van der Waals surface area contributed by atoms with Crippen molar-refractivity contribution in [1.29, 1.82) is 0 Å². The van der Waals surface area contributed by atoms with Crippen LogP contribution in [0.25, 0.3) is 0 Å². The van der Waals surface area contributed by atoms with Crippen molar-refractivity contribution in [3.05, 3.63) is 0 Å². The van der Waals surface area contributed by atoms with E-state index < -0.39 is 0 Å². The van der Waals surface area contributed by atoms with E-state index in [9.17, 15) is 4.79 Å². The lowest BCUT2D eigenvalue weighted by Crippen LogP contribution is -2.45. The number of carbonyl (C=O) groups is 1. The molecule has 5 nitrogen and oxygen atoms in total. The van der Waals surface area contributed by atoms with E-state index in [2.05, 4.69) is 10.2 Å². The molecule has 1 saturated carbocycles.